The van der Waals surface area contributed by atoms with E-state index in [0.29, 0.717) is 0 Å². The van der Waals surface area contributed by atoms with E-state index in [2.05, 4.69) is 10.4 Å². The predicted octanol–water partition coefficient (Wildman–Crippen LogP) is 1.63. The third kappa shape index (κ3) is 4.04. The van der Waals surface area contributed by atoms with Crippen LogP contribution in [0.5, 0.6) is 0 Å². The zero-order chi connectivity index (χ0) is 13.7. The van der Waals surface area contributed by atoms with E-state index in [1.165, 1.54) is 29.8 Å². The van der Waals surface area contributed by atoms with Crippen molar-refractivity contribution >= 4 is 11.7 Å². The van der Waals surface area contributed by atoms with Crippen LogP contribution in [0.1, 0.15) is 38.5 Å². The molecule has 1 aromatic heterocycles. The van der Waals surface area contributed by atoms with Crippen molar-refractivity contribution in [3.05, 3.63) is 22.4 Å². The molecule has 1 N–H and O–H groups in total. The molecule has 1 saturated carbocycles. The highest BCUT2D eigenvalue weighted by Gasteiger charge is 2.17. The number of aromatic nitrogens is 2. The summed E-state index contributed by atoms with van der Waals surface area (Å²) in [6.45, 7) is 0.0321. The van der Waals surface area contributed by atoms with Gasteiger partial charge >= 0.3 is 5.82 Å². The van der Waals surface area contributed by atoms with E-state index in [9.17, 15) is 14.9 Å². The molecular formula is C12H18N4O3. The lowest BCUT2D eigenvalue weighted by Crippen LogP contribution is -2.36. The van der Waals surface area contributed by atoms with E-state index >= 15 is 0 Å². The number of nitrogens with one attached hydrogen (secondary N) is 1. The third-order valence-electron chi connectivity index (χ3n) is 3.34. The van der Waals surface area contributed by atoms with Gasteiger partial charge < -0.3 is 15.4 Å². The SMILES string of the molecule is O=C(Cn1ccc([N+](=O)[O-])n1)NC1CCCCCC1. The molecule has 0 unspecified atom stereocenters. The van der Waals surface area contributed by atoms with Crippen LogP contribution in [0.4, 0.5) is 5.82 Å². The summed E-state index contributed by atoms with van der Waals surface area (Å²) >= 11 is 0. The number of carbonyl (C=O) groups is 1. The fourth-order valence-corrected chi connectivity index (χ4v) is 2.38. The lowest BCUT2D eigenvalue weighted by atomic mass is 10.1. The highest BCUT2D eigenvalue weighted by molar-refractivity contribution is 5.75. The molecule has 1 aromatic rings. The first-order valence-electron chi connectivity index (χ1n) is 6.62. The fraction of sp³-hybridized carbons (Fsp3) is 0.667. The first kappa shape index (κ1) is 13.5. The molecule has 0 spiro atoms. The van der Waals surface area contributed by atoms with Crippen molar-refractivity contribution in [3.63, 3.8) is 0 Å². The number of nitrogens with zero attached hydrogens (tertiary/aromatic N) is 3. The van der Waals surface area contributed by atoms with Gasteiger partial charge in [-0.2, -0.15) is 4.68 Å². The first-order valence-corrected chi connectivity index (χ1v) is 6.62. The molecular weight excluding hydrogens is 248 g/mol. The van der Waals surface area contributed by atoms with Crippen molar-refractivity contribution in [3.8, 4) is 0 Å². The van der Waals surface area contributed by atoms with Crippen molar-refractivity contribution < 1.29 is 9.72 Å². The van der Waals surface area contributed by atoms with Crippen molar-refractivity contribution in [1.82, 2.24) is 15.1 Å². The topological polar surface area (TPSA) is 90.1 Å². The number of hydrogen-bond donors (Lipinski definition) is 1. The lowest BCUT2D eigenvalue weighted by molar-refractivity contribution is -0.389. The van der Waals surface area contributed by atoms with Gasteiger partial charge in [0.25, 0.3) is 0 Å². The van der Waals surface area contributed by atoms with Gasteiger partial charge in [0.15, 0.2) is 0 Å². The van der Waals surface area contributed by atoms with Gasteiger partial charge in [0.05, 0.1) is 17.4 Å². The van der Waals surface area contributed by atoms with Gasteiger partial charge in [-0.15, -0.1) is 0 Å². The van der Waals surface area contributed by atoms with Crippen molar-refractivity contribution in [2.24, 2.45) is 0 Å². The highest BCUT2D eigenvalue weighted by Crippen LogP contribution is 2.17. The average Bonchev–Trinajstić information content (AvgIpc) is 2.67. The molecule has 7 nitrogen and oxygen atoms in total. The summed E-state index contributed by atoms with van der Waals surface area (Å²) in [7, 11) is 0. The van der Waals surface area contributed by atoms with Crippen molar-refractivity contribution in [2.75, 3.05) is 0 Å². The second-order valence-electron chi connectivity index (χ2n) is 4.88. The van der Waals surface area contributed by atoms with E-state index in [4.69, 9.17) is 0 Å². The van der Waals surface area contributed by atoms with Crippen LogP contribution in [-0.2, 0) is 11.3 Å². The van der Waals surface area contributed by atoms with Crippen molar-refractivity contribution in [2.45, 2.75) is 51.1 Å². The molecule has 0 radical (unpaired) electrons. The zero-order valence-corrected chi connectivity index (χ0v) is 10.7. The standard InChI is InChI=1S/C12H18N4O3/c17-12(13-10-5-3-1-2-4-6-10)9-15-8-7-11(14-15)16(18)19/h7-8,10H,1-6,9H2,(H,13,17). The van der Waals surface area contributed by atoms with E-state index < -0.39 is 4.92 Å². The molecule has 1 fully saturated rings. The summed E-state index contributed by atoms with van der Waals surface area (Å²) in [4.78, 5) is 21.7. The van der Waals surface area contributed by atoms with Crippen LogP contribution in [0, 0.1) is 10.1 Å². The van der Waals surface area contributed by atoms with Gasteiger partial charge in [0, 0.05) is 6.04 Å². The Morgan fingerprint density at radius 3 is 2.68 bits per heavy atom. The molecule has 7 heteroatoms. The van der Waals surface area contributed by atoms with Crippen LogP contribution in [0.15, 0.2) is 12.3 Å². The largest absolute Gasteiger partial charge is 0.389 e. The monoisotopic (exact) mass is 266 g/mol. The average molecular weight is 266 g/mol. The zero-order valence-electron chi connectivity index (χ0n) is 10.7. The van der Waals surface area contributed by atoms with E-state index in [1.807, 2.05) is 0 Å². The first-order chi connectivity index (χ1) is 9.15. The Morgan fingerprint density at radius 1 is 1.42 bits per heavy atom. The van der Waals surface area contributed by atoms with Crippen LogP contribution >= 0.6 is 0 Å². The number of rotatable bonds is 4. The Bertz CT molecular complexity index is 450. The Balaban J connectivity index is 1.84. The molecule has 1 aliphatic carbocycles. The van der Waals surface area contributed by atoms with Crippen LogP contribution < -0.4 is 5.32 Å². The van der Waals surface area contributed by atoms with E-state index in [1.54, 1.807) is 0 Å². The number of nitro groups is 1. The Kier molecular flexibility index (Phi) is 4.48. The van der Waals surface area contributed by atoms with Gasteiger partial charge in [-0.1, -0.05) is 25.7 Å². The molecule has 0 bridgehead atoms. The summed E-state index contributed by atoms with van der Waals surface area (Å²) in [5.41, 5.74) is 0. The minimum atomic E-state index is -0.570. The minimum Gasteiger partial charge on any atom is -0.358 e. The lowest BCUT2D eigenvalue weighted by Gasteiger charge is -2.15. The molecule has 1 aliphatic rings. The normalized spacial score (nSPS) is 16.8. The second-order valence-corrected chi connectivity index (χ2v) is 4.88. The van der Waals surface area contributed by atoms with Crippen LogP contribution in [0.25, 0.3) is 0 Å². The molecule has 1 heterocycles. The van der Waals surface area contributed by atoms with Gasteiger partial charge in [0.2, 0.25) is 5.91 Å². The van der Waals surface area contributed by atoms with E-state index in [-0.39, 0.29) is 24.3 Å². The van der Waals surface area contributed by atoms with Gasteiger partial charge in [-0.25, -0.2) is 0 Å². The minimum absolute atomic E-state index is 0.0321. The Labute approximate surface area is 111 Å². The maximum absolute atomic E-state index is 11.8. The van der Waals surface area contributed by atoms with Gasteiger partial charge in [-0.3, -0.25) is 4.79 Å². The summed E-state index contributed by atoms with van der Waals surface area (Å²) in [6, 6.07) is 1.53. The van der Waals surface area contributed by atoms with Crippen LogP contribution in [-0.4, -0.2) is 26.7 Å². The van der Waals surface area contributed by atoms with Crippen LogP contribution in [0.2, 0.25) is 0 Å². The molecule has 19 heavy (non-hydrogen) atoms. The smallest absolute Gasteiger partial charge is 0.358 e. The van der Waals surface area contributed by atoms with E-state index in [0.717, 1.165) is 25.7 Å². The number of hydrogen-bond acceptors (Lipinski definition) is 4. The maximum atomic E-state index is 11.8. The molecule has 0 aromatic carbocycles. The second kappa shape index (κ2) is 6.31. The van der Waals surface area contributed by atoms with Gasteiger partial charge in [0.1, 0.15) is 6.54 Å². The Hall–Kier alpha value is -1.92. The molecule has 0 aliphatic heterocycles. The quantitative estimate of drug-likeness (QED) is 0.509. The maximum Gasteiger partial charge on any atom is 0.389 e. The summed E-state index contributed by atoms with van der Waals surface area (Å²) < 4.78 is 1.30. The number of amides is 1. The third-order valence-corrected chi connectivity index (χ3v) is 3.34. The Morgan fingerprint density at radius 2 is 2.11 bits per heavy atom. The number of carbonyl (C=O) groups excluding carboxylic acids is 1. The summed E-state index contributed by atoms with van der Waals surface area (Å²) in [5.74, 6) is -0.368. The predicted molar refractivity (Wildman–Crippen MR) is 68.5 cm³/mol. The fourth-order valence-electron chi connectivity index (χ4n) is 2.38. The molecule has 1 amide bonds. The van der Waals surface area contributed by atoms with Crippen molar-refractivity contribution in [1.29, 1.82) is 0 Å². The van der Waals surface area contributed by atoms with Crippen LogP contribution in [0.3, 0.4) is 0 Å². The molecule has 2 rings (SSSR count). The summed E-state index contributed by atoms with van der Waals surface area (Å²) in [6.07, 6.45) is 8.26. The highest BCUT2D eigenvalue weighted by atomic mass is 16.6. The van der Waals surface area contributed by atoms with Gasteiger partial charge in [-0.05, 0) is 17.8 Å². The summed E-state index contributed by atoms with van der Waals surface area (Å²) in [5, 5.41) is 17.2. The molecule has 0 atom stereocenters. The molecule has 0 saturated heterocycles. The molecule has 104 valence electrons.